The Balaban J connectivity index is 1.98. The molecule has 3 aromatic rings. The van der Waals surface area contributed by atoms with Crippen LogP contribution < -0.4 is 10.5 Å². The van der Waals surface area contributed by atoms with Crippen molar-refractivity contribution in [3.05, 3.63) is 59.1 Å². The molecule has 0 saturated carbocycles. The average molecular weight is 302 g/mol. The molecule has 0 aliphatic heterocycles. The van der Waals surface area contributed by atoms with Gasteiger partial charge in [-0.15, -0.1) is 0 Å². The molecule has 0 aliphatic carbocycles. The van der Waals surface area contributed by atoms with Gasteiger partial charge in [0.1, 0.15) is 5.75 Å². The van der Waals surface area contributed by atoms with Crippen LogP contribution in [0, 0.1) is 0 Å². The highest BCUT2D eigenvalue weighted by Crippen LogP contribution is 2.29. The van der Waals surface area contributed by atoms with Gasteiger partial charge in [0.25, 0.3) is 0 Å². The van der Waals surface area contributed by atoms with Crippen molar-refractivity contribution in [3.63, 3.8) is 0 Å². The molecule has 0 fully saturated rings. The van der Waals surface area contributed by atoms with Crippen LogP contribution in [0.4, 0.5) is 0 Å². The minimum Gasteiger partial charge on any atom is -0.423 e. The first kappa shape index (κ1) is 13.5. The number of halogens is 1. The summed E-state index contributed by atoms with van der Waals surface area (Å²) < 4.78 is 7.27. The van der Waals surface area contributed by atoms with E-state index >= 15 is 0 Å². The third kappa shape index (κ3) is 2.72. The van der Waals surface area contributed by atoms with Crippen LogP contribution >= 0.6 is 11.6 Å². The zero-order chi connectivity index (χ0) is 14.7. The Hall–Kier alpha value is -2.44. The van der Waals surface area contributed by atoms with E-state index < -0.39 is 0 Å². The SMILES string of the molecule is NCc1c(Cl)cccc1Oc1nnnn1-c1ccccc1. The highest BCUT2D eigenvalue weighted by molar-refractivity contribution is 6.31. The van der Waals surface area contributed by atoms with Gasteiger partial charge in [0.15, 0.2) is 0 Å². The Morgan fingerprint density at radius 2 is 1.90 bits per heavy atom. The summed E-state index contributed by atoms with van der Waals surface area (Å²) in [6, 6.07) is 15.0. The fourth-order valence-electron chi connectivity index (χ4n) is 1.90. The van der Waals surface area contributed by atoms with Crippen LogP contribution in [-0.2, 0) is 6.54 Å². The summed E-state index contributed by atoms with van der Waals surface area (Å²) >= 11 is 6.11. The predicted molar refractivity (Wildman–Crippen MR) is 78.6 cm³/mol. The summed E-state index contributed by atoms with van der Waals surface area (Å²) in [5.74, 6) is 0.539. The minimum atomic E-state index is 0.248. The van der Waals surface area contributed by atoms with E-state index in [2.05, 4.69) is 15.5 Å². The first-order valence-electron chi connectivity index (χ1n) is 6.28. The molecule has 0 bridgehead atoms. The smallest absolute Gasteiger partial charge is 0.345 e. The fourth-order valence-corrected chi connectivity index (χ4v) is 2.15. The minimum absolute atomic E-state index is 0.248. The number of rotatable bonds is 4. The molecule has 0 radical (unpaired) electrons. The largest absolute Gasteiger partial charge is 0.423 e. The third-order valence-electron chi connectivity index (χ3n) is 2.92. The van der Waals surface area contributed by atoms with Crippen LogP contribution in [0.15, 0.2) is 48.5 Å². The van der Waals surface area contributed by atoms with Gasteiger partial charge in [-0.2, -0.15) is 4.68 Å². The molecule has 1 aromatic heterocycles. The summed E-state index contributed by atoms with van der Waals surface area (Å²) in [6.45, 7) is 0.266. The molecule has 106 valence electrons. The number of aromatic nitrogens is 4. The van der Waals surface area contributed by atoms with Gasteiger partial charge >= 0.3 is 6.01 Å². The van der Waals surface area contributed by atoms with Crippen LogP contribution in [-0.4, -0.2) is 20.2 Å². The molecule has 0 spiro atoms. The van der Waals surface area contributed by atoms with Crippen molar-refractivity contribution in [2.75, 3.05) is 0 Å². The maximum atomic E-state index is 6.11. The van der Waals surface area contributed by atoms with Gasteiger partial charge in [0, 0.05) is 17.1 Å². The Morgan fingerprint density at radius 3 is 2.67 bits per heavy atom. The lowest BCUT2D eigenvalue weighted by Gasteiger charge is -2.10. The second-order valence-electron chi connectivity index (χ2n) is 4.23. The number of ether oxygens (including phenoxy) is 1. The molecule has 0 saturated heterocycles. The fraction of sp³-hybridized carbons (Fsp3) is 0.0714. The molecule has 0 aliphatic rings. The number of para-hydroxylation sites is 1. The monoisotopic (exact) mass is 301 g/mol. The van der Waals surface area contributed by atoms with E-state index in [0.717, 1.165) is 5.69 Å². The molecular weight excluding hydrogens is 290 g/mol. The lowest BCUT2D eigenvalue weighted by Crippen LogP contribution is -2.04. The van der Waals surface area contributed by atoms with Crippen LogP contribution in [0.1, 0.15) is 5.56 Å². The molecule has 1 heterocycles. The van der Waals surface area contributed by atoms with Crippen molar-refractivity contribution < 1.29 is 4.74 Å². The van der Waals surface area contributed by atoms with Crippen LogP contribution in [0.2, 0.25) is 5.02 Å². The lowest BCUT2D eigenvalue weighted by molar-refractivity contribution is 0.422. The van der Waals surface area contributed by atoms with E-state index in [1.54, 1.807) is 18.2 Å². The Morgan fingerprint density at radius 1 is 1.10 bits per heavy atom. The summed E-state index contributed by atoms with van der Waals surface area (Å²) in [4.78, 5) is 0. The predicted octanol–water partition coefficient (Wildman–Crippen LogP) is 2.57. The molecule has 0 unspecified atom stereocenters. The van der Waals surface area contributed by atoms with Crippen LogP contribution in [0.3, 0.4) is 0 Å². The molecule has 3 rings (SSSR count). The Bertz CT molecular complexity index is 744. The molecule has 21 heavy (non-hydrogen) atoms. The zero-order valence-electron chi connectivity index (χ0n) is 11.0. The van der Waals surface area contributed by atoms with Crippen molar-refractivity contribution in [2.24, 2.45) is 5.73 Å². The third-order valence-corrected chi connectivity index (χ3v) is 3.28. The van der Waals surface area contributed by atoms with Gasteiger partial charge < -0.3 is 10.5 Å². The van der Waals surface area contributed by atoms with E-state index in [-0.39, 0.29) is 12.6 Å². The molecule has 2 N–H and O–H groups in total. The van der Waals surface area contributed by atoms with Crippen molar-refractivity contribution in [1.29, 1.82) is 0 Å². The summed E-state index contributed by atoms with van der Waals surface area (Å²) in [5.41, 5.74) is 7.22. The average Bonchev–Trinajstić information content (AvgIpc) is 2.97. The maximum absolute atomic E-state index is 6.11. The van der Waals surface area contributed by atoms with E-state index in [4.69, 9.17) is 22.1 Å². The lowest BCUT2D eigenvalue weighted by atomic mass is 10.2. The number of nitrogens with zero attached hydrogens (tertiary/aromatic N) is 4. The number of benzene rings is 2. The second-order valence-corrected chi connectivity index (χ2v) is 4.64. The summed E-state index contributed by atoms with van der Waals surface area (Å²) in [7, 11) is 0. The molecule has 6 nitrogen and oxygen atoms in total. The normalized spacial score (nSPS) is 10.6. The van der Waals surface area contributed by atoms with Gasteiger partial charge in [-0.05, 0) is 34.7 Å². The molecule has 0 atom stereocenters. The highest BCUT2D eigenvalue weighted by Gasteiger charge is 2.13. The highest BCUT2D eigenvalue weighted by atomic mass is 35.5. The first-order valence-corrected chi connectivity index (χ1v) is 6.66. The maximum Gasteiger partial charge on any atom is 0.345 e. The van der Waals surface area contributed by atoms with Crippen molar-refractivity contribution in [3.8, 4) is 17.4 Å². The van der Waals surface area contributed by atoms with E-state index in [0.29, 0.717) is 16.3 Å². The van der Waals surface area contributed by atoms with Crippen LogP contribution in [0.25, 0.3) is 5.69 Å². The second kappa shape index (κ2) is 5.90. The molecular formula is C14H12ClN5O. The van der Waals surface area contributed by atoms with Gasteiger partial charge in [-0.3, -0.25) is 0 Å². The van der Waals surface area contributed by atoms with Gasteiger partial charge in [-0.1, -0.05) is 41.0 Å². The van der Waals surface area contributed by atoms with Crippen molar-refractivity contribution in [2.45, 2.75) is 6.54 Å². The number of nitrogens with two attached hydrogens (primary N) is 1. The van der Waals surface area contributed by atoms with Crippen molar-refractivity contribution >= 4 is 11.6 Å². The van der Waals surface area contributed by atoms with Crippen LogP contribution in [0.5, 0.6) is 11.8 Å². The van der Waals surface area contributed by atoms with Gasteiger partial charge in [0.05, 0.1) is 5.69 Å². The zero-order valence-corrected chi connectivity index (χ0v) is 11.7. The first-order chi connectivity index (χ1) is 10.3. The van der Waals surface area contributed by atoms with E-state index in [9.17, 15) is 0 Å². The molecule has 7 heteroatoms. The summed E-state index contributed by atoms with van der Waals surface area (Å²) in [6.07, 6.45) is 0. The molecule has 2 aromatic carbocycles. The molecule has 0 amide bonds. The Labute approximate surface area is 126 Å². The van der Waals surface area contributed by atoms with Gasteiger partial charge in [0.2, 0.25) is 0 Å². The quantitative estimate of drug-likeness (QED) is 0.801. The van der Waals surface area contributed by atoms with E-state index in [1.165, 1.54) is 4.68 Å². The van der Waals surface area contributed by atoms with Gasteiger partial charge in [-0.25, -0.2) is 0 Å². The topological polar surface area (TPSA) is 78.8 Å². The number of tetrazole rings is 1. The van der Waals surface area contributed by atoms with Crippen molar-refractivity contribution in [1.82, 2.24) is 20.2 Å². The Kier molecular flexibility index (Phi) is 3.81. The number of hydrogen-bond acceptors (Lipinski definition) is 5. The number of hydrogen-bond donors (Lipinski definition) is 1. The summed E-state index contributed by atoms with van der Waals surface area (Å²) in [5, 5.41) is 12.0. The van der Waals surface area contributed by atoms with E-state index in [1.807, 2.05) is 30.3 Å². The standard InChI is InChI=1S/C14H12ClN5O/c15-12-7-4-8-13(11(12)9-16)21-14-17-18-19-20(14)10-5-2-1-3-6-10/h1-8H,9,16H2.